The lowest BCUT2D eigenvalue weighted by Gasteiger charge is -2.24. The molecule has 12 nitrogen and oxygen atoms in total. The van der Waals surface area contributed by atoms with Gasteiger partial charge in [-0.2, -0.15) is 0 Å². The summed E-state index contributed by atoms with van der Waals surface area (Å²) in [5.41, 5.74) is 1.58. The number of esters is 1. The van der Waals surface area contributed by atoms with Gasteiger partial charge >= 0.3 is 5.97 Å². The summed E-state index contributed by atoms with van der Waals surface area (Å²) in [4.78, 5) is 40.1. The number of rotatable bonds is 14. The second-order valence-corrected chi connectivity index (χ2v) is 11.8. The van der Waals surface area contributed by atoms with Crippen LogP contribution in [0.5, 0.6) is 17.2 Å². The van der Waals surface area contributed by atoms with Gasteiger partial charge in [0.15, 0.2) is 22.4 Å². The van der Waals surface area contributed by atoms with Crippen molar-refractivity contribution in [2.24, 2.45) is 0 Å². The molecular weight excluding hydrogens is 624 g/mol. The maximum Gasteiger partial charge on any atom is 0.306 e. The molecule has 0 amide bonds. The van der Waals surface area contributed by atoms with Crippen LogP contribution < -0.4 is 15.6 Å². The Balaban J connectivity index is 1.58. The Bertz CT molecular complexity index is 2200. The van der Waals surface area contributed by atoms with E-state index in [0.29, 0.717) is 55.6 Å². The number of aliphatic hydroxyl groups excluding tert-OH is 3. The quantitative estimate of drug-likeness (QED) is 0.0508. The summed E-state index contributed by atoms with van der Waals surface area (Å²) in [5.74, 6) is -1.13. The number of carbonyl (C=O) groups is 1. The average molecular weight is 661 g/mol. The number of phenolic OH excluding ortho intramolecular Hbond substituents is 2. The van der Waals surface area contributed by atoms with Crippen molar-refractivity contribution in [3.63, 3.8) is 0 Å². The van der Waals surface area contributed by atoms with Gasteiger partial charge in [-0.15, -0.1) is 0 Å². The molecule has 6 rings (SSSR count). The van der Waals surface area contributed by atoms with Gasteiger partial charge in [0, 0.05) is 28.3 Å². The molecule has 1 aliphatic rings. The molecule has 0 fully saturated rings. The number of aromatic hydroxyl groups is 2. The third-order valence-electron chi connectivity index (χ3n) is 8.96. The van der Waals surface area contributed by atoms with Crippen LogP contribution in [-0.4, -0.2) is 78.3 Å². The number of hydrogen-bond acceptors (Lipinski definition) is 12. The van der Waals surface area contributed by atoms with E-state index in [4.69, 9.17) is 24.1 Å². The highest BCUT2D eigenvalue weighted by Crippen LogP contribution is 2.53. The molecule has 5 N–H and O–H groups in total. The van der Waals surface area contributed by atoms with Crippen LogP contribution in [0.3, 0.4) is 0 Å². The number of fused-ring (bicyclic) bond motifs is 1. The highest BCUT2D eigenvalue weighted by atomic mass is 16.6. The summed E-state index contributed by atoms with van der Waals surface area (Å²) in [6, 6.07) is 2.45. The van der Waals surface area contributed by atoms with Gasteiger partial charge in [-0.05, 0) is 70.1 Å². The molecule has 0 saturated heterocycles. The standard InChI is InChI=1S/C36H36O12/c1-17-11-21-20(3-4-25(42)48-10-9-47-8-7-46-6-5-37)34(43)30-23(40)13-18(15-38)26-27-19(16-39)14-24(41)31-33(27)29(28(21)32(26)30)22(12-17)36(45-2)35(31)44/h11,13-14,37-39,43-44H,3-10,12,15-16H2,1-2H3. The topological polar surface area (TPSA) is 189 Å². The Labute approximate surface area is 273 Å². The summed E-state index contributed by atoms with van der Waals surface area (Å²) >= 11 is 0. The molecular formula is C36H36O12. The maximum atomic E-state index is 13.7. The van der Waals surface area contributed by atoms with E-state index in [-0.39, 0.29) is 91.4 Å². The third kappa shape index (κ3) is 5.35. The van der Waals surface area contributed by atoms with Gasteiger partial charge in [-0.1, -0.05) is 11.6 Å². The first-order valence-electron chi connectivity index (χ1n) is 15.6. The number of methoxy groups -OCH3 is 1. The highest BCUT2D eigenvalue weighted by Gasteiger charge is 2.32. The van der Waals surface area contributed by atoms with Gasteiger partial charge < -0.3 is 44.5 Å². The molecule has 0 saturated carbocycles. The monoisotopic (exact) mass is 660 g/mol. The minimum Gasteiger partial charge on any atom is -0.507 e. The fraction of sp³-hybridized carbons (Fsp3) is 0.361. The Morgan fingerprint density at radius 1 is 0.750 bits per heavy atom. The van der Waals surface area contributed by atoms with Crippen LogP contribution in [0.1, 0.15) is 41.2 Å². The Hall–Kier alpha value is -4.59. The van der Waals surface area contributed by atoms with E-state index in [2.05, 4.69) is 0 Å². The van der Waals surface area contributed by atoms with Gasteiger partial charge in [0.25, 0.3) is 0 Å². The van der Waals surface area contributed by atoms with Crippen LogP contribution in [0.25, 0.3) is 49.2 Å². The predicted octanol–water partition coefficient (Wildman–Crippen LogP) is 2.76. The van der Waals surface area contributed by atoms with Crippen LogP contribution in [0, 0.1) is 0 Å². The molecule has 5 aromatic carbocycles. The Morgan fingerprint density at radius 2 is 1.33 bits per heavy atom. The van der Waals surface area contributed by atoms with E-state index < -0.39 is 30.0 Å². The molecule has 12 heteroatoms. The molecule has 1 aliphatic carbocycles. The zero-order chi connectivity index (χ0) is 34.3. The Kier molecular flexibility index (Phi) is 9.37. The molecule has 0 atom stereocenters. The minimum absolute atomic E-state index is 0.00311. The predicted molar refractivity (Wildman–Crippen MR) is 178 cm³/mol. The van der Waals surface area contributed by atoms with Crippen molar-refractivity contribution in [3.8, 4) is 17.2 Å². The number of phenols is 2. The van der Waals surface area contributed by atoms with Crippen molar-refractivity contribution in [2.75, 3.05) is 46.8 Å². The van der Waals surface area contributed by atoms with Crippen molar-refractivity contribution >= 4 is 55.1 Å². The lowest BCUT2D eigenvalue weighted by Crippen LogP contribution is -2.14. The van der Waals surface area contributed by atoms with Crippen molar-refractivity contribution in [2.45, 2.75) is 39.4 Å². The molecule has 0 bridgehead atoms. The van der Waals surface area contributed by atoms with Gasteiger partial charge in [0.2, 0.25) is 0 Å². The Morgan fingerprint density at radius 3 is 1.94 bits per heavy atom. The molecule has 5 aromatic rings. The van der Waals surface area contributed by atoms with Crippen LogP contribution in [0.2, 0.25) is 0 Å². The molecule has 0 aliphatic heterocycles. The van der Waals surface area contributed by atoms with Gasteiger partial charge in [-0.25, -0.2) is 0 Å². The van der Waals surface area contributed by atoms with E-state index >= 15 is 0 Å². The zero-order valence-corrected chi connectivity index (χ0v) is 26.6. The second kappa shape index (κ2) is 13.5. The largest absolute Gasteiger partial charge is 0.507 e. The molecule has 252 valence electrons. The number of carbonyl (C=O) groups excluding carboxylic acids is 1. The van der Waals surface area contributed by atoms with Crippen LogP contribution in [0.4, 0.5) is 0 Å². The summed E-state index contributed by atoms with van der Waals surface area (Å²) in [6.45, 7) is 1.59. The van der Waals surface area contributed by atoms with E-state index in [1.807, 2.05) is 13.0 Å². The smallest absolute Gasteiger partial charge is 0.306 e. The molecule has 0 heterocycles. The molecule has 0 unspecified atom stereocenters. The molecule has 0 radical (unpaired) electrons. The van der Waals surface area contributed by atoms with E-state index in [1.54, 1.807) is 0 Å². The number of ether oxygens (including phenoxy) is 4. The van der Waals surface area contributed by atoms with Crippen molar-refractivity contribution in [1.82, 2.24) is 0 Å². The van der Waals surface area contributed by atoms with Gasteiger partial charge in [-0.3, -0.25) is 14.4 Å². The first kappa shape index (κ1) is 33.3. The highest BCUT2D eigenvalue weighted by molar-refractivity contribution is 6.38. The summed E-state index contributed by atoms with van der Waals surface area (Å²) in [6.07, 6.45) is 2.00. The molecule has 0 spiro atoms. The second-order valence-electron chi connectivity index (χ2n) is 11.8. The summed E-state index contributed by atoms with van der Waals surface area (Å²) in [5, 5.41) is 55.4. The summed E-state index contributed by atoms with van der Waals surface area (Å²) < 4.78 is 21.5. The first-order chi connectivity index (χ1) is 23.2. The lowest BCUT2D eigenvalue weighted by molar-refractivity contribution is -0.145. The van der Waals surface area contributed by atoms with Crippen LogP contribution in [0.15, 0.2) is 27.3 Å². The lowest BCUT2D eigenvalue weighted by atomic mass is 9.80. The fourth-order valence-electron chi connectivity index (χ4n) is 7.11. The van der Waals surface area contributed by atoms with Gasteiger partial charge in [0.1, 0.15) is 12.4 Å². The third-order valence-corrected chi connectivity index (χ3v) is 8.96. The average Bonchev–Trinajstić information content (AvgIpc) is 3.21. The van der Waals surface area contributed by atoms with E-state index in [0.717, 1.165) is 5.57 Å². The fourth-order valence-corrected chi connectivity index (χ4v) is 7.11. The number of allylic oxidation sites excluding steroid dienone is 1. The molecule has 0 aromatic heterocycles. The maximum absolute atomic E-state index is 13.7. The van der Waals surface area contributed by atoms with Crippen molar-refractivity contribution in [3.05, 3.63) is 66.0 Å². The summed E-state index contributed by atoms with van der Waals surface area (Å²) in [7, 11) is 1.39. The number of benzene rings is 5. The SMILES string of the molecule is COc1c(O)c2c(=O)cc(CO)c3c4c(CO)cc(=O)c5c(O)c(CCC(=O)OCCOCCOCCO)c6c(c(c1CC(C)=C6)c23)c54. The number of aliphatic hydroxyl groups is 3. The first-order valence-corrected chi connectivity index (χ1v) is 15.6. The van der Waals surface area contributed by atoms with E-state index in [1.165, 1.54) is 19.2 Å². The van der Waals surface area contributed by atoms with Crippen molar-refractivity contribution in [1.29, 1.82) is 0 Å². The zero-order valence-electron chi connectivity index (χ0n) is 26.6. The van der Waals surface area contributed by atoms with E-state index in [9.17, 15) is 34.8 Å². The normalized spacial score (nSPS) is 12.9. The minimum atomic E-state index is -0.551. The van der Waals surface area contributed by atoms with Crippen molar-refractivity contribution < 1.29 is 49.3 Å². The van der Waals surface area contributed by atoms with Crippen LogP contribution >= 0.6 is 0 Å². The van der Waals surface area contributed by atoms with Gasteiger partial charge in [0.05, 0.1) is 64.1 Å². The van der Waals surface area contributed by atoms with Crippen LogP contribution in [-0.2, 0) is 45.1 Å². The molecule has 48 heavy (non-hydrogen) atoms. The number of hydrogen-bond donors (Lipinski definition) is 5.